The lowest BCUT2D eigenvalue weighted by molar-refractivity contribution is 0.527. The fourth-order valence-electron chi connectivity index (χ4n) is 2.01. The Bertz CT molecular complexity index is 567. The molecule has 1 fully saturated rings. The van der Waals surface area contributed by atoms with Gasteiger partial charge in [-0.3, -0.25) is 0 Å². The molecule has 1 saturated heterocycles. The lowest BCUT2D eigenvalue weighted by atomic mass is 10.2. The molecule has 87 valence electrons. The fraction of sp³-hybridized carbons (Fsp3) is 0.250. The standard InChI is InChI=1S/C12H12N3O2/c16-12-14-13-11(17-12)9-4-3-5-10(8-9)15-6-1-2-7-15/h1,3-5,8H,2,6-7H2,(H,14,16). The normalized spacial score (nSPS) is 15.4. The smallest absolute Gasteiger partial charge is 0.388 e. The van der Waals surface area contributed by atoms with E-state index >= 15 is 0 Å². The largest absolute Gasteiger partial charge is 0.434 e. The molecule has 1 aliphatic heterocycles. The number of aromatic nitrogens is 2. The van der Waals surface area contributed by atoms with Crippen LogP contribution in [0.2, 0.25) is 0 Å². The lowest BCUT2D eigenvalue weighted by Gasteiger charge is -2.17. The molecule has 1 aliphatic rings. The molecule has 1 N–H and O–H groups in total. The van der Waals surface area contributed by atoms with E-state index in [0.717, 1.165) is 30.8 Å². The van der Waals surface area contributed by atoms with Crippen LogP contribution in [0.4, 0.5) is 5.69 Å². The van der Waals surface area contributed by atoms with Crippen LogP contribution in [0.1, 0.15) is 6.42 Å². The van der Waals surface area contributed by atoms with Crippen molar-refractivity contribution in [3.63, 3.8) is 0 Å². The van der Waals surface area contributed by atoms with Crippen molar-refractivity contribution in [2.45, 2.75) is 6.42 Å². The molecular weight excluding hydrogens is 218 g/mol. The highest BCUT2D eigenvalue weighted by atomic mass is 16.4. The van der Waals surface area contributed by atoms with Crippen molar-refractivity contribution in [1.29, 1.82) is 0 Å². The fourth-order valence-corrected chi connectivity index (χ4v) is 2.01. The van der Waals surface area contributed by atoms with Crippen LogP contribution in [0.25, 0.3) is 11.5 Å². The van der Waals surface area contributed by atoms with Crippen molar-refractivity contribution < 1.29 is 4.42 Å². The minimum Gasteiger partial charge on any atom is -0.388 e. The van der Waals surface area contributed by atoms with Crippen molar-refractivity contribution in [3.8, 4) is 11.5 Å². The maximum atomic E-state index is 10.9. The third-order valence-electron chi connectivity index (χ3n) is 2.85. The average Bonchev–Trinajstić information content (AvgIpc) is 3.00. The van der Waals surface area contributed by atoms with Crippen molar-refractivity contribution >= 4 is 5.69 Å². The van der Waals surface area contributed by atoms with E-state index in [9.17, 15) is 4.79 Å². The molecule has 0 saturated carbocycles. The Kier molecular flexibility index (Phi) is 2.44. The van der Waals surface area contributed by atoms with Gasteiger partial charge >= 0.3 is 5.76 Å². The first-order chi connectivity index (χ1) is 8.33. The number of rotatable bonds is 2. The number of hydrogen-bond acceptors (Lipinski definition) is 4. The Labute approximate surface area is 98.1 Å². The molecule has 0 bridgehead atoms. The second-order valence-electron chi connectivity index (χ2n) is 3.99. The zero-order valence-electron chi connectivity index (χ0n) is 9.22. The topological polar surface area (TPSA) is 62.1 Å². The van der Waals surface area contributed by atoms with Crippen molar-refractivity contribution in [1.82, 2.24) is 10.2 Å². The molecule has 1 radical (unpaired) electrons. The first kappa shape index (κ1) is 10.1. The maximum Gasteiger partial charge on any atom is 0.434 e. The van der Waals surface area contributed by atoms with Gasteiger partial charge < -0.3 is 9.32 Å². The second kappa shape index (κ2) is 4.08. The number of nitrogens with zero attached hydrogens (tertiary/aromatic N) is 2. The summed E-state index contributed by atoms with van der Waals surface area (Å²) in [6, 6.07) is 7.85. The summed E-state index contributed by atoms with van der Waals surface area (Å²) in [5.41, 5.74) is 1.94. The monoisotopic (exact) mass is 230 g/mol. The first-order valence-corrected chi connectivity index (χ1v) is 5.55. The van der Waals surface area contributed by atoms with Crippen molar-refractivity contribution in [2.75, 3.05) is 18.0 Å². The van der Waals surface area contributed by atoms with Crippen LogP contribution < -0.4 is 10.7 Å². The quantitative estimate of drug-likeness (QED) is 0.848. The number of aromatic amines is 1. The summed E-state index contributed by atoms with van der Waals surface area (Å²) in [4.78, 5) is 13.2. The van der Waals surface area contributed by atoms with Crippen LogP contribution in [0, 0.1) is 6.42 Å². The molecule has 1 aromatic carbocycles. The third-order valence-corrected chi connectivity index (χ3v) is 2.85. The van der Waals surface area contributed by atoms with Gasteiger partial charge in [-0.2, -0.15) is 0 Å². The summed E-state index contributed by atoms with van der Waals surface area (Å²) in [5.74, 6) is -0.195. The van der Waals surface area contributed by atoms with E-state index < -0.39 is 5.76 Å². The number of H-pyrrole nitrogens is 1. The molecule has 2 heterocycles. The molecule has 0 aliphatic carbocycles. The molecule has 0 atom stereocenters. The average molecular weight is 230 g/mol. The summed E-state index contributed by atoms with van der Waals surface area (Å²) in [7, 11) is 0. The Morgan fingerprint density at radius 3 is 3.06 bits per heavy atom. The molecule has 0 unspecified atom stereocenters. The molecule has 5 heteroatoms. The number of anilines is 1. The van der Waals surface area contributed by atoms with E-state index in [-0.39, 0.29) is 0 Å². The highest BCUT2D eigenvalue weighted by molar-refractivity contribution is 5.62. The minimum absolute atomic E-state index is 0.333. The molecule has 5 nitrogen and oxygen atoms in total. The van der Waals surface area contributed by atoms with Gasteiger partial charge in [0, 0.05) is 24.3 Å². The Hall–Kier alpha value is -2.04. The Morgan fingerprint density at radius 1 is 1.41 bits per heavy atom. The van der Waals surface area contributed by atoms with Gasteiger partial charge in [0.25, 0.3) is 0 Å². The Balaban J connectivity index is 1.95. The molecule has 2 aromatic rings. The zero-order chi connectivity index (χ0) is 11.7. The summed E-state index contributed by atoms with van der Waals surface area (Å²) in [6.07, 6.45) is 3.36. The van der Waals surface area contributed by atoms with Crippen LogP contribution in [0.5, 0.6) is 0 Å². The zero-order valence-corrected chi connectivity index (χ0v) is 9.22. The van der Waals surface area contributed by atoms with E-state index in [2.05, 4.69) is 21.5 Å². The van der Waals surface area contributed by atoms with Crippen molar-refractivity contribution in [2.24, 2.45) is 0 Å². The predicted octanol–water partition coefficient (Wildman–Crippen LogP) is 1.44. The van der Waals surface area contributed by atoms with Gasteiger partial charge in [-0.15, -0.1) is 5.10 Å². The Morgan fingerprint density at radius 2 is 2.35 bits per heavy atom. The van der Waals surface area contributed by atoms with Gasteiger partial charge in [0.15, 0.2) is 0 Å². The van der Waals surface area contributed by atoms with E-state index in [1.165, 1.54) is 0 Å². The molecule has 0 amide bonds. The van der Waals surface area contributed by atoms with E-state index in [0.29, 0.717) is 5.89 Å². The lowest BCUT2D eigenvalue weighted by Crippen LogP contribution is -2.17. The van der Waals surface area contributed by atoms with Crippen molar-refractivity contribution in [3.05, 3.63) is 41.2 Å². The van der Waals surface area contributed by atoms with Crippen LogP contribution in [-0.2, 0) is 0 Å². The molecule has 0 spiro atoms. The summed E-state index contributed by atoms with van der Waals surface area (Å²) >= 11 is 0. The molecule has 17 heavy (non-hydrogen) atoms. The van der Waals surface area contributed by atoms with Gasteiger partial charge in [-0.1, -0.05) is 6.07 Å². The first-order valence-electron chi connectivity index (χ1n) is 5.55. The van der Waals surface area contributed by atoms with Gasteiger partial charge in [0.1, 0.15) is 0 Å². The summed E-state index contributed by atoms with van der Waals surface area (Å²) < 4.78 is 4.94. The summed E-state index contributed by atoms with van der Waals surface area (Å²) in [5, 5.41) is 6.09. The number of hydrogen-bond donors (Lipinski definition) is 1. The highest BCUT2D eigenvalue weighted by Gasteiger charge is 2.14. The van der Waals surface area contributed by atoms with E-state index in [1.807, 2.05) is 24.3 Å². The van der Waals surface area contributed by atoms with Gasteiger partial charge in [0.2, 0.25) is 5.89 Å². The van der Waals surface area contributed by atoms with E-state index in [4.69, 9.17) is 4.42 Å². The van der Waals surface area contributed by atoms with Crippen LogP contribution in [-0.4, -0.2) is 23.3 Å². The molecule has 3 rings (SSSR count). The number of nitrogens with one attached hydrogen (secondary N) is 1. The maximum absolute atomic E-state index is 10.9. The van der Waals surface area contributed by atoms with Crippen LogP contribution >= 0.6 is 0 Å². The summed E-state index contributed by atoms with van der Waals surface area (Å²) in [6.45, 7) is 2.00. The van der Waals surface area contributed by atoms with Gasteiger partial charge in [-0.25, -0.2) is 9.89 Å². The highest BCUT2D eigenvalue weighted by Crippen LogP contribution is 2.24. The second-order valence-corrected chi connectivity index (χ2v) is 3.99. The van der Waals surface area contributed by atoms with Crippen LogP contribution in [0.3, 0.4) is 0 Å². The molecule has 1 aromatic heterocycles. The third kappa shape index (κ3) is 1.95. The predicted molar refractivity (Wildman–Crippen MR) is 63.7 cm³/mol. The van der Waals surface area contributed by atoms with E-state index in [1.54, 1.807) is 0 Å². The number of benzene rings is 1. The SMILES string of the molecule is O=c1[nH]nc(-c2cccc(N3C[CH]CC3)c2)o1. The van der Waals surface area contributed by atoms with Gasteiger partial charge in [0.05, 0.1) is 0 Å². The van der Waals surface area contributed by atoms with Gasteiger partial charge in [-0.05, 0) is 31.0 Å². The van der Waals surface area contributed by atoms with Crippen LogP contribution in [0.15, 0.2) is 33.5 Å². The minimum atomic E-state index is -0.528. The molecular formula is C12H12N3O2.